The fourth-order valence-electron chi connectivity index (χ4n) is 2.21. The first-order valence-corrected chi connectivity index (χ1v) is 9.27. The van der Waals surface area contributed by atoms with E-state index in [1.165, 1.54) is 0 Å². The molecule has 1 N–H and O–H groups in total. The van der Waals surface area contributed by atoms with Crippen LogP contribution in [0.2, 0.25) is 0 Å². The van der Waals surface area contributed by atoms with Crippen molar-refractivity contribution in [3.05, 3.63) is 5.01 Å². The highest BCUT2D eigenvalue weighted by atomic mass is 32.2. The maximum Gasteiger partial charge on any atom is 0.282 e. The molecule has 1 aliphatic carbocycles. The molecule has 0 aromatic carbocycles. The van der Waals surface area contributed by atoms with Gasteiger partial charge in [-0.15, -0.1) is 10.2 Å². The Bertz CT molecular complexity index is 562. The van der Waals surface area contributed by atoms with E-state index < -0.39 is 9.84 Å². The molecule has 1 aliphatic rings. The van der Waals surface area contributed by atoms with Crippen molar-refractivity contribution in [2.45, 2.75) is 55.0 Å². The lowest BCUT2D eigenvalue weighted by atomic mass is 10.3. The van der Waals surface area contributed by atoms with Crippen LogP contribution in [0, 0.1) is 0 Å². The standard InChI is InChI=1S/C12H19N3O3S2/c1-2-3-8-13-10(16)11-14-15-12(19-11)20(17,18)9-6-4-5-7-9/h9H,2-8H2,1H3,(H,13,16). The van der Waals surface area contributed by atoms with E-state index in [0.717, 1.165) is 37.0 Å². The Labute approximate surface area is 122 Å². The number of carbonyl (C=O) groups excluding carboxylic acids is 1. The van der Waals surface area contributed by atoms with E-state index in [9.17, 15) is 13.2 Å². The Morgan fingerprint density at radius 3 is 2.70 bits per heavy atom. The second-order valence-electron chi connectivity index (χ2n) is 4.93. The van der Waals surface area contributed by atoms with Gasteiger partial charge in [-0.1, -0.05) is 37.5 Å². The van der Waals surface area contributed by atoms with E-state index in [2.05, 4.69) is 15.5 Å². The number of rotatable bonds is 6. The van der Waals surface area contributed by atoms with Crippen molar-refractivity contribution in [2.24, 2.45) is 0 Å². The number of amides is 1. The summed E-state index contributed by atoms with van der Waals surface area (Å²) in [6.45, 7) is 2.60. The maximum absolute atomic E-state index is 12.3. The number of hydrogen-bond donors (Lipinski definition) is 1. The molecular formula is C12H19N3O3S2. The van der Waals surface area contributed by atoms with Gasteiger partial charge in [-0.25, -0.2) is 8.42 Å². The summed E-state index contributed by atoms with van der Waals surface area (Å²) in [5.41, 5.74) is 0. The van der Waals surface area contributed by atoms with Gasteiger partial charge in [0.25, 0.3) is 5.91 Å². The fraction of sp³-hybridized carbons (Fsp3) is 0.750. The molecule has 1 aromatic heterocycles. The molecule has 2 rings (SSSR count). The second kappa shape index (κ2) is 6.62. The Kier molecular flexibility index (Phi) is 5.09. The van der Waals surface area contributed by atoms with Crippen molar-refractivity contribution < 1.29 is 13.2 Å². The fourth-order valence-corrected chi connectivity index (χ4v) is 5.21. The Balaban J connectivity index is 2.06. The number of aromatic nitrogens is 2. The van der Waals surface area contributed by atoms with Crippen LogP contribution in [0.3, 0.4) is 0 Å². The summed E-state index contributed by atoms with van der Waals surface area (Å²) in [6, 6.07) is 0. The van der Waals surface area contributed by atoms with Gasteiger partial charge < -0.3 is 5.32 Å². The van der Waals surface area contributed by atoms with Crippen LogP contribution in [0.4, 0.5) is 0 Å². The van der Waals surface area contributed by atoms with Gasteiger partial charge in [0.05, 0.1) is 5.25 Å². The normalized spacial score (nSPS) is 16.4. The number of unbranched alkanes of at least 4 members (excludes halogenated alkanes) is 1. The number of nitrogens with one attached hydrogen (secondary N) is 1. The van der Waals surface area contributed by atoms with Gasteiger partial charge in [0.2, 0.25) is 19.2 Å². The van der Waals surface area contributed by atoms with Gasteiger partial charge in [0.15, 0.2) is 0 Å². The SMILES string of the molecule is CCCCNC(=O)c1nnc(S(=O)(=O)C2CCCC2)s1. The minimum Gasteiger partial charge on any atom is -0.350 e. The van der Waals surface area contributed by atoms with Crippen molar-refractivity contribution in [3.63, 3.8) is 0 Å². The Morgan fingerprint density at radius 2 is 2.05 bits per heavy atom. The zero-order valence-corrected chi connectivity index (χ0v) is 13.1. The quantitative estimate of drug-likeness (QED) is 0.808. The molecule has 0 unspecified atom stereocenters. The zero-order chi connectivity index (χ0) is 14.6. The van der Waals surface area contributed by atoms with Crippen LogP contribution in [-0.2, 0) is 9.84 Å². The molecule has 0 bridgehead atoms. The second-order valence-corrected chi connectivity index (χ2v) is 8.31. The lowest BCUT2D eigenvalue weighted by molar-refractivity contribution is 0.0952. The van der Waals surface area contributed by atoms with Crippen molar-refractivity contribution >= 4 is 27.1 Å². The van der Waals surface area contributed by atoms with Crippen LogP contribution in [0.5, 0.6) is 0 Å². The first kappa shape index (κ1) is 15.4. The summed E-state index contributed by atoms with van der Waals surface area (Å²) in [4.78, 5) is 11.8. The van der Waals surface area contributed by atoms with E-state index in [1.807, 2.05) is 6.92 Å². The van der Waals surface area contributed by atoms with Crippen LogP contribution >= 0.6 is 11.3 Å². The van der Waals surface area contributed by atoms with E-state index >= 15 is 0 Å². The zero-order valence-electron chi connectivity index (χ0n) is 11.5. The molecule has 0 spiro atoms. The van der Waals surface area contributed by atoms with Gasteiger partial charge in [-0.2, -0.15) is 0 Å². The predicted octanol–water partition coefficient (Wildman–Crippen LogP) is 1.78. The number of hydrogen-bond acceptors (Lipinski definition) is 6. The molecule has 1 saturated carbocycles. The molecule has 0 atom stereocenters. The predicted molar refractivity (Wildman–Crippen MR) is 76.6 cm³/mol. The van der Waals surface area contributed by atoms with Crippen molar-refractivity contribution in [1.29, 1.82) is 0 Å². The Morgan fingerprint density at radius 1 is 1.35 bits per heavy atom. The molecule has 1 aromatic rings. The summed E-state index contributed by atoms with van der Waals surface area (Å²) in [7, 11) is -3.41. The third-order valence-corrected chi connectivity index (χ3v) is 6.98. The van der Waals surface area contributed by atoms with Crippen LogP contribution < -0.4 is 5.32 Å². The molecule has 20 heavy (non-hydrogen) atoms. The number of sulfone groups is 1. The monoisotopic (exact) mass is 317 g/mol. The summed E-state index contributed by atoms with van der Waals surface area (Å²) in [5, 5.41) is 9.89. The topological polar surface area (TPSA) is 89.0 Å². The largest absolute Gasteiger partial charge is 0.350 e. The molecule has 8 heteroatoms. The van der Waals surface area contributed by atoms with Crippen LogP contribution in [0.25, 0.3) is 0 Å². The van der Waals surface area contributed by atoms with Gasteiger partial charge >= 0.3 is 0 Å². The number of nitrogens with zero attached hydrogens (tertiary/aromatic N) is 2. The first-order valence-electron chi connectivity index (χ1n) is 6.91. The molecule has 112 valence electrons. The van der Waals surface area contributed by atoms with E-state index in [1.54, 1.807) is 0 Å². The minimum atomic E-state index is -3.41. The Hall–Kier alpha value is -1.02. The van der Waals surface area contributed by atoms with Crippen LogP contribution in [0.1, 0.15) is 55.3 Å². The lowest BCUT2D eigenvalue weighted by Crippen LogP contribution is -2.24. The summed E-state index contributed by atoms with van der Waals surface area (Å²) in [5.74, 6) is -0.344. The molecule has 0 saturated heterocycles. The summed E-state index contributed by atoms with van der Waals surface area (Å²) >= 11 is 0.871. The van der Waals surface area contributed by atoms with E-state index in [-0.39, 0.29) is 20.5 Å². The molecule has 0 radical (unpaired) electrons. The first-order chi connectivity index (χ1) is 9.55. The van der Waals surface area contributed by atoms with Crippen molar-refractivity contribution in [2.75, 3.05) is 6.54 Å². The highest BCUT2D eigenvalue weighted by Crippen LogP contribution is 2.30. The highest BCUT2D eigenvalue weighted by molar-refractivity contribution is 7.93. The van der Waals surface area contributed by atoms with Crippen LogP contribution in [-0.4, -0.2) is 36.3 Å². The minimum absolute atomic E-state index is 0.0231. The molecular weight excluding hydrogens is 298 g/mol. The third-order valence-electron chi connectivity index (χ3n) is 3.40. The molecule has 1 heterocycles. The summed E-state index contributed by atoms with van der Waals surface area (Å²) in [6.07, 6.45) is 5.11. The van der Waals surface area contributed by atoms with Gasteiger partial charge in [-0.05, 0) is 19.3 Å². The molecule has 1 fully saturated rings. The maximum atomic E-state index is 12.3. The molecule has 6 nitrogen and oxygen atoms in total. The smallest absolute Gasteiger partial charge is 0.282 e. The van der Waals surface area contributed by atoms with Gasteiger partial charge in [-0.3, -0.25) is 4.79 Å². The van der Waals surface area contributed by atoms with Gasteiger partial charge in [0, 0.05) is 6.54 Å². The van der Waals surface area contributed by atoms with E-state index in [0.29, 0.717) is 19.4 Å². The van der Waals surface area contributed by atoms with E-state index in [4.69, 9.17) is 0 Å². The molecule has 1 amide bonds. The lowest BCUT2D eigenvalue weighted by Gasteiger charge is -2.06. The van der Waals surface area contributed by atoms with Crippen molar-refractivity contribution in [1.82, 2.24) is 15.5 Å². The van der Waals surface area contributed by atoms with Crippen LogP contribution in [0.15, 0.2) is 4.34 Å². The number of carbonyl (C=O) groups is 1. The third kappa shape index (κ3) is 3.35. The van der Waals surface area contributed by atoms with Gasteiger partial charge in [0.1, 0.15) is 0 Å². The summed E-state index contributed by atoms with van der Waals surface area (Å²) < 4.78 is 24.6. The average Bonchev–Trinajstić information content (AvgIpc) is 3.10. The van der Waals surface area contributed by atoms with Crippen molar-refractivity contribution in [3.8, 4) is 0 Å². The molecule has 0 aliphatic heterocycles. The average molecular weight is 317 g/mol. The highest BCUT2D eigenvalue weighted by Gasteiger charge is 2.33.